The molecule has 0 saturated heterocycles. The molecule has 10 nitrogen and oxygen atoms in total. The van der Waals surface area contributed by atoms with Gasteiger partial charge in [-0.2, -0.15) is 4.98 Å². The molecule has 0 radical (unpaired) electrons. The van der Waals surface area contributed by atoms with E-state index >= 15 is 0 Å². The molecule has 2 heterocycles. The van der Waals surface area contributed by atoms with E-state index in [1.165, 1.54) is 0 Å². The third-order valence-corrected chi connectivity index (χ3v) is 4.81. The third kappa shape index (κ3) is 4.53. The second-order valence-corrected chi connectivity index (χ2v) is 6.88. The van der Waals surface area contributed by atoms with Gasteiger partial charge in [0, 0.05) is 12.0 Å². The summed E-state index contributed by atoms with van der Waals surface area (Å²) in [7, 11) is 1.58. The molecule has 1 aliphatic heterocycles. The quantitative estimate of drug-likeness (QED) is 0.481. The van der Waals surface area contributed by atoms with E-state index < -0.39 is 6.04 Å². The second-order valence-electron chi connectivity index (χ2n) is 6.88. The van der Waals surface area contributed by atoms with Crippen LogP contribution in [-0.2, 0) is 9.59 Å². The molecule has 10 heteroatoms. The molecule has 3 aromatic rings. The number of hydrogen-bond acceptors (Lipinski definition) is 6. The number of aromatic nitrogens is 3. The highest BCUT2D eigenvalue weighted by Gasteiger charge is 2.28. The number of fused-ring (bicyclic) bond motifs is 1. The standard InChI is InChI=1S/C21H20N6O4/c1-31-13-8-6-12(7-9-13)18-25-21(27-26-18)24-17(28)11-10-16-20(30)22-15-5-3-2-4-14(15)19(29)23-16/h2-9,16H,10-11H2,1H3,(H,22,30)(H,23,29)(H2,24,25,26,27,28). The topological polar surface area (TPSA) is 138 Å². The van der Waals surface area contributed by atoms with E-state index in [0.717, 1.165) is 11.3 Å². The van der Waals surface area contributed by atoms with Gasteiger partial charge >= 0.3 is 0 Å². The van der Waals surface area contributed by atoms with Crippen LogP contribution in [0.5, 0.6) is 5.75 Å². The molecule has 3 amide bonds. The van der Waals surface area contributed by atoms with Crippen molar-refractivity contribution < 1.29 is 19.1 Å². The van der Waals surface area contributed by atoms with Crippen molar-refractivity contribution in [2.45, 2.75) is 18.9 Å². The van der Waals surface area contributed by atoms with E-state index in [4.69, 9.17) is 4.74 Å². The monoisotopic (exact) mass is 420 g/mol. The van der Waals surface area contributed by atoms with Gasteiger partial charge in [-0.15, -0.1) is 5.10 Å². The zero-order valence-corrected chi connectivity index (χ0v) is 16.6. The van der Waals surface area contributed by atoms with Crippen LogP contribution in [0.1, 0.15) is 23.2 Å². The Bertz CT molecular complexity index is 1120. The number of benzene rings is 2. The number of rotatable bonds is 6. The van der Waals surface area contributed by atoms with Crippen LogP contribution in [0.2, 0.25) is 0 Å². The lowest BCUT2D eigenvalue weighted by atomic mass is 10.1. The second kappa shape index (κ2) is 8.66. The fourth-order valence-electron chi connectivity index (χ4n) is 3.17. The summed E-state index contributed by atoms with van der Waals surface area (Å²) < 4.78 is 5.12. The van der Waals surface area contributed by atoms with E-state index in [2.05, 4.69) is 31.1 Å². The average Bonchev–Trinajstić information content (AvgIpc) is 3.20. The Hall–Kier alpha value is -4.21. The minimum Gasteiger partial charge on any atom is -0.497 e. The predicted octanol–water partition coefficient (Wildman–Crippen LogP) is 1.95. The number of amides is 3. The molecule has 0 spiro atoms. The normalized spacial score (nSPS) is 15.3. The molecule has 1 aliphatic rings. The van der Waals surface area contributed by atoms with E-state index in [-0.39, 0.29) is 36.5 Å². The Labute approximate surface area is 177 Å². The Morgan fingerprint density at radius 1 is 1.13 bits per heavy atom. The number of carbonyl (C=O) groups is 3. The molecule has 1 aromatic heterocycles. The van der Waals surface area contributed by atoms with Crippen molar-refractivity contribution >= 4 is 29.4 Å². The molecule has 0 saturated carbocycles. The Kier molecular flexibility index (Phi) is 5.61. The molecule has 1 atom stereocenters. The van der Waals surface area contributed by atoms with Crippen molar-refractivity contribution in [3.8, 4) is 17.1 Å². The molecule has 1 unspecified atom stereocenters. The largest absolute Gasteiger partial charge is 0.497 e. The van der Waals surface area contributed by atoms with Gasteiger partial charge in [0.2, 0.25) is 17.8 Å². The molecule has 0 fully saturated rings. The average molecular weight is 420 g/mol. The lowest BCUT2D eigenvalue weighted by Crippen LogP contribution is -2.41. The number of hydrogen-bond donors (Lipinski definition) is 4. The Morgan fingerprint density at radius 3 is 2.68 bits per heavy atom. The van der Waals surface area contributed by atoms with E-state index in [1.54, 1.807) is 43.5 Å². The number of methoxy groups -OCH3 is 1. The maximum atomic E-state index is 12.4. The molecule has 4 rings (SSSR count). The van der Waals surface area contributed by atoms with Crippen molar-refractivity contribution in [1.82, 2.24) is 20.5 Å². The number of H-pyrrole nitrogens is 1. The van der Waals surface area contributed by atoms with Crippen LogP contribution in [0.15, 0.2) is 48.5 Å². The highest BCUT2D eigenvalue weighted by atomic mass is 16.5. The smallest absolute Gasteiger partial charge is 0.254 e. The van der Waals surface area contributed by atoms with E-state index in [0.29, 0.717) is 17.1 Å². The van der Waals surface area contributed by atoms with Crippen molar-refractivity contribution in [3.05, 3.63) is 54.1 Å². The van der Waals surface area contributed by atoms with Crippen LogP contribution in [0.4, 0.5) is 11.6 Å². The summed E-state index contributed by atoms with van der Waals surface area (Å²) in [4.78, 5) is 41.3. The predicted molar refractivity (Wildman–Crippen MR) is 113 cm³/mol. The van der Waals surface area contributed by atoms with Gasteiger partial charge in [-0.3, -0.25) is 24.8 Å². The maximum Gasteiger partial charge on any atom is 0.254 e. The first kappa shape index (κ1) is 20.1. The van der Waals surface area contributed by atoms with Crippen molar-refractivity contribution in [3.63, 3.8) is 0 Å². The van der Waals surface area contributed by atoms with Gasteiger partial charge in [-0.25, -0.2) is 0 Å². The number of anilines is 2. The molecule has 2 aromatic carbocycles. The highest BCUT2D eigenvalue weighted by Crippen LogP contribution is 2.21. The van der Waals surface area contributed by atoms with Crippen LogP contribution < -0.4 is 20.7 Å². The zero-order chi connectivity index (χ0) is 21.8. The summed E-state index contributed by atoms with van der Waals surface area (Å²) in [6.07, 6.45) is 0.133. The number of aromatic amines is 1. The van der Waals surface area contributed by atoms with Crippen molar-refractivity contribution in [2.24, 2.45) is 0 Å². The molecule has 158 valence electrons. The molecule has 4 N–H and O–H groups in total. The lowest BCUT2D eigenvalue weighted by Gasteiger charge is -2.13. The number of nitrogens with zero attached hydrogens (tertiary/aromatic N) is 2. The summed E-state index contributed by atoms with van der Waals surface area (Å²) >= 11 is 0. The number of nitrogens with one attached hydrogen (secondary N) is 4. The van der Waals surface area contributed by atoms with Gasteiger partial charge in [-0.05, 0) is 42.8 Å². The summed E-state index contributed by atoms with van der Waals surface area (Å²) in [5, 5.41) is 14.7. The van der Waals surface area contributed by atoms with E-state index in [1.807, 2.05) is 12.1 Å². The molecular formula is C21H20N6O4. The van der Waals surface area contributed by atoms with Crippen LogP contribution in [-0.4, -0.2) is 46.1 Å². The van der Waals surface area contributed by atoms with Gasteiger partial charge in [0.05, 0.1) is 18.4 Å². The Morgan fingerprint density at radius 2 is 1.90 bits per heavy atom. The number of ether oxygens (including phenoxy) is 1. The van der Waals surface area contributed by atoms with Gasteiger partial charge in [0.1, 0.15) is 11.8 Å². The molecular weight excluding hydrogens is 400 g/mol. The SMILES string of the molecule is COc1ccc(-c2nc(NC(=O)CCC3NC(=O)c4ccccc4NC3=O)n[nH]2)cc1. The fourth-order valence-corrected chi connectivity index (χ4v) is 3.17. The first-order valence-corrected chi connectivity index (χ1v) is 9.61. The van der Waals surface area contributed by atoms with Crippen molar-refractivity contribution in [1.29, 1.82) is 0 Å². The number of para-hydroxylation sites is 1. The van der Waals surface area contributed by atoms with Crippen LogP contribution >= 0.6 is 0 Å². The number of carbonyl (C=O) groups excluding carboxylic acids is 3. The maximum absolute atomic E-state index is 12.4. The van der Waals surface area contributed by atoms with Crippen LogP contribution in [0.25, 0.3) is 11.4 Å². The summed E-state index contributed by atoms with van der Waals surface area (Å²) in [6, 6.07) is 13.1. The fraction of sp³-hybridized carbons (Fsp3) is 0.190. The lowest BCUT2D eigenvalue weighted by molar-refractivity contribution is -0.118. The summed E-state index contributed by atoms with van der Waals surface area (Å²) in [5.74, 6) is 0.227. The van der Waals surface area contributed by atoms with Gasteiger partial charge < -0.3 is 15.4 Å². The first-order valence-electron chi connectivity index (χ1n) is 9.61. The van der Waals surface area contributed by atoms with Crippen LogP contribution in [0, 0.1) is 0 Å². The Balaban J connectivity index is 1.34. The summed E-state index contributed by atoms with van der Waals surface area (Å²) in [6.45, 7) is 0. The van der Waals surface area contributed by atoms with Gasteiger partial charge in [0.15, 0.2) is 5.82 Å². The first-order chi connectivity index (χ1) is 15.0. The molecule has 0 aliphatic carbocycles. The van der Waals surface area contributed by atoms with Gasteiger partial charge in [0.25, 0.3) is 5.91 Å². The minimum absolute atomic E-state index is 0.00111. The highest BCUT2D eigenvalue weighted by molar-refractivity contribution is 6.09. The van der Waals surface area contributed by atoms with Crippen molar-refractivity contribution in [2.75, 3.05) is 17.7 Å². The van der Waals surface area contributed by atoms with E-state index in [9.17, 15) is 14.4 Å². The third-order valence-electron chi connectivity index (χ3n) is 4.81. The minimum atomic E-state index is -0.826. The zero-order valence-electron chi connectivity index (χ0n) is 16.6. The molecule has 31 heavy (non-hydrogen) atoms. The van der Waals surface area contributed by atoms with Crippen LogP contribution in [0.3, 0.4) is 0 Å². The molecule has 0 bridgehead atoms. The van der Waals surface area contributed by atoms with Gasteiger partial charge in [-0.1, -0.05) is 12.1 Å². The summed E-state index contributed by atoms with van der Waals surface area (Å²) in [5.41, 5.74) is 1.62.